The molecule has 0 saturated carbocycles. The Hall–Kier alpha value is -3.64. The number of amides is 1. The molecule has 5 nitrogen and oxygen atoms in total. The highest BCUT2D eigenvalue weighted by Crippen LogP contribution is 2.26. The number of hydrogen-bond donors (Lipinski definition) is 1. The van der Waals surface area contributed by atoms with Crippen LogP contribution >= 0.6 is 11.6 Å². The number of carbonyl (C=O) groups excluding carboxylic acids is 1. The number of nitrogens with one attached hydrogen (secondary N) is 1. The van der Waals surface area contributed by atoms with Crippen molar-refractivity contribution < 1.29 is 13.9 Å². The summed E-state index contributed by atoms with van der Waals surface area (Å²) in [7, 11) is 0. The number of halogens is 2. The summed E-state index contributed by atoms with van der Waals surface area (Å²) >= 11 is 6.16. The van der Waals surface area contributed by atoms with E-state index in [1.165, 1.54) is 16.8 Å². The normalized spacial score (nSPS) is 10.7. The van der Waals surface area contributed by atoms with Gasteiger partial charge in [-0.05, 0) is 54.4 Å². The summed E-state index contributed by atoms with van der Waals surface area (Å²) in [6.07, 6.45) is 1.61. The summed E-state index contributed by atoms with van der Waals surface area (Å²) < 4.78 is 20.7. The molecule has 0 bridgehead atoms. The van der Waals surface area contributed by atoms with E-state index in [4.69, 9.17) is 16.3 Å². The summed E-state index contributed by atoms with van der Waals surface area (Å²) in [5, 5.41) is 7.79. The summed E-state index contributed by atoms with van der Waals surface area (Å²) in [4.78, 5) is 13.0. The second-order valence-corrected chi connectivity index (χ2v) is 7.31. The van der Waals surface area contributed by atoms with Crippen LogP contribution in [0.25, 0.3) is 5.69 Å². The molecule has 3 aromatic carbocycles. The van der Waals surface area contributed by atoms with E-state index in [0.717, 1.165) is 11.1 Å². The topological polar surface area (TPSA) is 56.2 Å². The molecule has 31 heavy (non-hydrogen) atoms. The van der Waals surface area contributed by atoms with Crippen LogP contribution in [0.5, 0.6) is 5.75 Å². The first kappa shape index (κ1) is 20.6. The Balaban J connectivity index is 1.65. The van der Waals surface area contributed by atoms with Crippen LogP contribution in [0.15, 0.2) is 79.0 Å². The van der Waals surface area contributed by atoms with Crippen molar-refractivity contribution >= 4 is 23.2 Å². The highest BCUT2D eigenvalue weighted by molar-refractivity contribution is 6.31. The first-order valence-corrected chi connectivity index (χ1v) is 9.98. The number of nitrogens with zero attached hydrogens (tertiary/aromatic N) is 2. The van der Waals surface area contributed by atoms with Gasteiger partial charge in [-0.2, -0.15) is 5.10 Å². The minimum atomic E-state index is -0.436. The number of rotatable bonds is 6. The van der Waals surface area contributed by atoms with Crippen molar-refractivity contribution in [1.29, 1.82) is 0 Å². The Labute approximate surface area is 184 Å². The molecule has 0 aliphatic rings. The van der Waals surface area contributed by atoms with Crippen LogP contribution in [0, 0.1) is 12.7 Å². The van der Waals surface area contributed by atoms with E-state index in [1.54, 1.807) is 36.5 Å². The van der Waals surface area contributed by atoms with E-state index in [2.05, 4.69) is 10.4 Å². The largest absolute Gasteiger partial charge is 0.485 e. The minimum absolute atomic E-state index is 0.111. The molecule has 0 fully saturated rings. The van der Waals surface area contributed by atoms with Gasteiger partial charge in [0.25, 0.3) is 5.91 Å². The van der Waals surface area contributed by atoms with Gasteiger partial charge in [0.15, 0.2) is 11.4 Å². The molecule has 1 heterocycles. The Morgan fingerprint density at radius 3 is 2.55 bits per heavy atom. The van der Waals surface area contributed by atoms with Crippen molar-refractivity contribution in [3.8, 4) is 11.4 Å². The van der Waals surface area contributed by atoms with Gasteiger partial charge in [-0.15, -0.1) is 0 Å². The van der Waals surface area contributed by atoms with Crippen LogP contribution < -0.4 is 10.1 Å². The van der Waals surface area contributed by atoms with Gasteiger partial charge in [-0.3, -0.25) is 4.79 Å². The van der Waals surface area contributed by atoms with Crippen molar-refractivity contribution in [1.82, 2.24) is 9.78 Å². The first-order valence-electron chi connectivity index (χ1n) is 9.60. The maximum atomic E-state index is 13.3. The maximum absolute atomic E-state index is 13.3. The Morgan fingerprint density at radius 2 is 1.81 bits per heavy atom. The van der Waals surface area contributed by atoms with Gasteiger partial charge in [-0.25, -0.2) is 9.07 Å². The molecule has 0 unspecified atom stereocenters. The zero-order chi connectivity index (χ0) is 21.8. The standard InChI is InChI=1S/C24H19ClFN3O2/c1-16-20(25)8-5-9-21(16)27-24(30)23-22(31-15-17-6-3-2-4-7-17)14-29(28-23)19-12-10-18(26)11-13-19/h2-14H,15H2,1H3,(H,27,30). The molecule has 0 saturated heterocycles. The van der Waals surface area contributed by atoms with E-state index in [1.807, 2.05) is 37.3 Å². The highest BCUT2D eigenvalue weighted by atomic mass is 35.5. The Bertz CT molecular complexity index is 1210. The number of hydrogen-bond acceptors (Lipinski definition) is 3. The van der Waals surface area contributed by atoms with Gasteiger partial charge >= 0.3 is 0 Å². The van der Waals surface area contributed by atoms with Crippen molar-refractivity contribution in [3.05, 3.63) is 107 Å². The molecule has 0 aliphatic heterocycles. The Morgan fingerprint density at radius 1 is 1.06 bits per heavy atom. The second-order valence-electron chi connectivity index (χ2n) is 6.90. The quantitative estimate of drug-likeness (QED) is 0.416. The van der Waals surface area contributed by atoms with Gasteiger partial charge in [0.05, 0.1) is 11.9 Å². The maximum Gasteiger partial charge on any atom is 0.280 e. The molecule has 0 atom stereocenters. The van der Waals surface area contributed by atoms with E-state index >= 15 is 0 Å². The summed E-state index contributed by atoms with van der Waals surface area (Å²) in [5.74, 6) is -0.481. The number of aromatic nitrogens is 2. The Kier molecular flexibility index (Phi) is 6.00. The molecule has 0 spiro atoms. The van der Waals surface area contributed by atoms with E-state index in [0.29, 0.717) is 22.1 Å². The van der Waals surface area contributed by atoms with E-state index < -0.39 is 5.91 Å². The SMILES string of the molecule is Cc1c(Cl)cccc1NC(=O)c1nn(-c2ccc(F)cc2)cc1OCc1ccccc1. The van der Waals surface area contributed by atoms with Gasteiger partial charge in [-0.1, -0.05) is 48.0 Å². The summed E-state index contributed by atoms with van der Waals surface area (Å²) in [5.41, 5.74) is 3.00. The lowest BCUT2D eigenvalue weighted by Gasteiger charge is -2.10. The van der Waals surface area contributed by atoms with Crippen molar-refractivity contribution in [2.24, 2.45) is 0 Å². The van der Waals surface area contributed by atoms with Gasteiger partial charge in [0.2, 0.25) is 0 Å². The zero-order valence-corrected chi connectivity index (χ0v) is 17.4. The highest BCUT2D eigenvalue weighted by Gasteiger charge is 2.20. The van der Waals surface area contributed by atoms with Crippen LogP contribution in [0.3, 0.4) is 0 Å². The lowest BCUT2D eigenvalue weighted by Crippen LogP contribution is -2.15. The third kappa shape index (κ3) is 4.75. The third-order valence-corrected chi connectivity index (χ3v) is 5.15. The number of ether oxygens (including phenoxy) is 1. The molecular weight excluding hydrogens is 417 g/mol. The number of carbonyl (C=O) groups is 1. The third-order valence-electron chi connectivity index (χ3n) is 4.74. The molecular formula is C24H19ClFN3O2. The molecule has 0 aliphatic carbocycles. The first-order chi connectivity index (χ1) is 15.0. The molecule has 1 amide bonds. The lowest BCUT2D eigenvalue weighted by molar-refractivity contribution is 0.101. The van der Waals surface area contributed by atoms with Gasteiger partial charge in [0.1, 0.15) is 12.4 Å². The van der Waals surface area contributed by atoms with Crippen LogP contribution in [0.1, 0.15) is 21.6 Å². The van der Waals surface area contributed by atoms with Crippen molar-refractivity contribution in [2.45, 2.75) is 13.5 Å². The predicted octanol–water partition coefficient (Wildman–Crippen LogP) is 5.80. The summed E-state index contributed by atoms with van der Waals surface area (Å²) in [6, 6.07) is 20.7. The number of benzene rings is 3. The number of anilines is 1. The molecule has 1 aromatic heterocycles. The van der Waals surface area contributed by atoms with Crippen LogP contribution in [0.2, 0.25) is 5.02 Å². The molecule has 156 valence electrons. The smallest absolute Gasteiger partial charge is 0.280 e. The monoisotopic (exact) mass is 435 g/mol. The van der Waals surface area contributed by atoms with E-state index in [-0.39, 0.29) is 18.1 Å². The van der Waals surface area contributed by atoms with Crippen LogP contribution in [-0.2, 0) is 6.61 Å². The minimum Gasteiger partial charge on any atom is -0.485 e. The van der Waals surface area contributed by atoms with Crippen molar-refractivity contribution in [2.75, 3.05) is 5.32 Å². The molecule has 4 aromatic rings. The average Bonchev–Trinajstić information content (AvgIpc) is 3.21. The lowest BCUT2D eigenvalue weighted by atomic mass is 10.2. The average molecular weight is 436 g/mol. The van der Waals surface area contributed by atoms with Crippen LogP contribution in [-0.4, -0.2) is 15.7 Å². The molecule has 4 rings (SSSR count). The van der Waals surface area contributed by atoms with Gasteiger partial charge < -0.3 is 10.1 Å². The predicted molar refractivity (Wildman–Crippen MR) is 118 cm³/mol. The van der Waals surface area contributed by atoms with Crippen LogP contribution in [0.4, 0.5) is 10.1 Å². The molecule has 1 N–H and O–H groups in total. The van der Waals surface area contributed by atoms with E-state index in [9.17, 15) is 9.18 Å². The molecule has 7 heteroatoms. The fourth-order valence-corrected chi connectivity index (χ4v) is 3.18. The van der Waals surface area contributed by atoms with Crippen molar-refractivity contribution in [3.63, 3.8) is 0 Å². The van der Waals surface area contributed by atoms with Gasteiger partial charge in [0, 0.05) is 10.7 Å². The molecule has 0 radical (unpaired) electrons. The zero-order valence-electron chi connectivity index (χ0n) is 16.7. The fraction of sp³-hybridized carbons (Fsp3) is 0.0833. The second kappa shape index (κ2) is 9.02. The fourth-order valence-electron chi connectivity index (χ4n) is 3.01. The summed E-state index contributed by atoms with van der Waals surface area (Å²) in [6.45, 7) is 2.09.